The average molecular weight is 354 g/mol. The zero-order valence-electron chi connectivity index (χ0n) is 12.6. The quantitative estimate of drug-likeness (QED) is 0.519. The number of nitrogens with zero attached hydrogens (tertiary/aromatic N) is 8. The maximum Gasteiger partial charge on any atom is 0.257 e. The third-order valence-corrected chi connectivity index (χ3v) is 4.07. The second kappa shape index (κ2) is 6.52. The van der Waals surface area contributed by atoms with Gasteiger partial charge in [0.05, 0.1) is 18.4 Å². The lowest BCUT2D eigenvalue weighted by molar-refractivity contribution is 0.0950. The number of thiazole rings is 1. The lowest BCUT2D eigenvalue weighted by Gasteiger charge is -2.03. The molecule has 1 amide bonds. The first-order valence-corrected chi connectivity index (χ1v) is 7.96. The van der Waals surface area contributed by atoms with E-state index in [4.69, 9.17) is 0 Å². The van der Waals surface area contributed by atoms with Crippen LogP contribution >= 0.6 is 11.3 Å². The second-order valence-electron chi connectivity index (χ2n) is 4.79. The Labute approximate surface area is 144 Å². The van der Waals surface area contributed by atoms with Gasteiger partial charge in [0.25, 0.3) is 5.91 Å². The van der Waals surface area contributed by atoms with Gasteiger partial charge in [-0.2, -0.15) is 9.78 Å². The normalized spacial score (nSPS) is 10.7. The van der Waals surface area contributed by atoms with Crippen molar-refractivity contribution in [2.45, 2.75) is 6.54 Å². The van der Waals surface area contributed by atoms with Crippen LogP contribution in [0.5, 0.6) is 0 Å². The molecule has 11 nitrogen and oxygen atoms in total. The van der Waals surface area contributed by atoms with Gasteiger partial charge in [0, 0.05) is 17.8 Å². The van der Waals surface area contributed by atoms with Crippen LogP contribution in [0.2, 0.25) is 0 Å². The van der Waals surface area contributed by atoms with Crippen LogP contribution in [0.3, 0.4) is 0 Å². The van der Waals surface area contributed by atoms with E-state index in [9.17, 15) is 4.79 Å². The zero-order valence-corrected chi connectivity index (χ0v) is 13.4. The minimum atomic E-state index is -0.315. The molecule has 4 aromatic heterocycles. The van der Waals surface area contributed by atoms with Crippen molar-refractivity contribution in [1.82, 2.24) is 50.7 Å². The maximum atomic E-state index is 12.4. The number of tetrazole rings is 1. The fourth-order valence-corrected chi connectivity index (χ4v) is 2.81. The van der Waals surface area contributed by atoms with Crippen molar-refractivity contribution in [2.75, 3.05) is 0 Å². The third-order valence-electron chi connectivity index (χ3n) is 3.18. The number of aromatic nitrogens is 9. The summed E-state index contributed by atoms with van der Waals surface area (Å²) in [6, 6.07) is 1.74. The molecule has 0 fully saturated rings. The fraction of sp³-hybridized carbons (Fsp3) is 0.0769. The predicted octanol–water partition coefficient (Wildman–Crippen LogP) is 0.229. The van der Waals surface area contributed by atoms with E-state index in [0.29, 0.717) is 27.9 Å². The molecule has 12 heteroatoms. The lowest BCUT2D eigenvalue weighted by atomic mass is 10.3. The lowest BCUT2D eigenvalue weighted by Crippen LogP contribution is -2.24. The summed E-state index contributed by atoms with van der Waals surface area (Å²) in [6.07, 6.45) is 6.10. The van der Waals surface area contributed by atoms with E-state index >= 15 is 0 Å². The SMILES string of the molecule is O=C(NCc1csc(-c2ncccn2)n1)c1cn[nH]c1-n1cnnn1. The van der Waals surface area contributed by atoms with Crippen molar-refractivity contribution >= 4 is 17.2 Å². The predicted molar refractivity (Wildman–Crippen MR) is 85.6 cm³/mol. The molecule has 0 aliphatic carbocycles. The van der Waals surface area contributed by atoms with Crippen LogP contribution in [-0.4, -0.2) is 51.3 Å². The number of hydrogen-bond acceptors (Lipinski definition) is 9. The summed E-state index contributed by atoms with van der Waals surface area (Å²) in [5.74, 6) is 0.629. The summed E-state index contributed by atoms with van der Waals surface area (Å²) in [5, 5.41) is 22.7. The number of aromatic amines is 1. The summed E-state index contributed by atoms with van der Waals surface area (Å²) in [5.41, 5.74) is 1.04. The molecule has 124 valence electrons. The Morgan fingerprint density at radius 2 is 2.20 bits per heavy atom. The largest absolute Gasteiger partial charge is 0.346 e. The van der Waals surface area contributed by atoms with E-state index in [1.165, 1.54) is 28.5 Å². The van der Waals surface area contributed by atoms with Crippen molar-refractivity contribution in [1.29, 1.82) is 0 Å². The molecule has 0 aliphatic heterocycles. The molecule has 4 heterocycles. The standard InChI is InChI=1S/C13H10N10OS/c24-12(9-5-17-20-11(9)23-7-18-21-22-23)16-4-8-6-25-13(19-8)10-14-2-1-3-15-10/h1-3,5-7H,4H2,(H,16,24)(H,17,20). The summed E-state index contributed by atoms with van der Waals surface area (Å²) in [6.45, 7) is 0.266. The van der Waals surface area contributed by atoms with Crippen LogP contribution < -0.4 is 5.32 Å². The van der Waals surface area contributed by atoms with E-state index in [-0.39, 0.29) is 12.5 Å². The zero-order chi connectivity index (χ0) is 17.1. The molecular formula is C13H10N10OS. The molecule has 4 rings (SSSR count). The number of hydrogen-bond donors (Lipinski definition) is 2. The van der Waals surface area contributed by atoms with Crippen molar-refractivity contribution in [2.24, 2.45) is 0 Å². The minimum absolute atomic E-state index is 0.266. The Morgan fingerprint density at radius 1 is 1.32 bits per heavy atom. The highest BCUT2D eigenvalue weighted by Crippen LogP contribution is 2.19. The van der Waals surface area contributed by atoms with E-state index in [0.717, 1.165) is 0 Å². The van der Waals surface area contributed by atoms with Gasteiger partial charge in [0.2, 0.25) is 0 Å². The number of carbonyl (C=O) groups is 1. The Hall–Kier alpha value is -3.54. The Kier molecular flexibility index (Phi) is 3.92. The molecule has 0 aromatic carbocycles. The van der Waals surface area contributed by atoms with Gasteiger partial charge < -0.3 is 5.32 Å². The first kappa shape index (κ1) is 15.0. The Bertz CT molecular complexity index is 977. The molecule has 0 spiro atoms. The van der Waals surface area contributed by atoms with Crippen LogP contribution in [-0.2, 0) is 6.54 Å². The fourth-order valence-electron chi connectivity index (χ4n) is 2.05. The first-order chi connectivity index (χ1) is 12.3. The molecule has 0 radical (unpaired) electrons. The second-order valence-corrected chi connectivity index (χ2v) is 5.64. The summed E-state index contributed by atoms with van der Waals surface area (Å²) in [7, 11) is 0. The van der Waals surface area contributed by atoms with Crippen LogP contribution in [0.25, 0.3) is 16.6 Å². The number of H-pyrrole nitrogens is 1. The number of nitrogens with one attached hydrogen (secondary N) is 2. The van der Waals surface area contributed by atoms with Crippen LogP contribution in [0.4, 0.5) is 0 Å². The smallest absolute Gasteiger partial charge is 0.257 e. The van der Waals surface area contributed by atoms with Gasteiger partial charge in [0.1, 0.15) is 11.9 Å². The van der Waals surface area contributed by atoms with Crippen molar-refractivity contribution in [3.05, 3.63) is 47.6 Å². The first-order valence-electron chi connectivity index (χ1n) is 7.08. The molecule has 2 N–H and O–H groups in total. The number of carbonyl (C=O) groups excluding carboxylic acids is 1. The molecule has 0 saturated carbocycles. The summed E-state index contributed by atoms with van der Waals surface area (Å²) < 4.78 is 1.33. The van der Waals surface area contributed by atoms with Gasteiger partial charge in [-0.15, -0.1) is 16.4 Å². The maximum absolute atomic E-state index is 12.4. The van der Waals surface area contributed by atoms with Gasteiger partial charge in [-0.1, -0.05) is 0 Å². The molecule has 0 bridgehead atoms. The Morgan fingerprint density at radius 3 is 3.00 bits per heavy atom. The average Bonchev–Trinajstić information content (AvgIpc) is 3.41. The van der Waals surface area contributed by atoms with Gasteiger partial charge in [0.15, 0.2) is 16.6 Å². The van der Waals surface area contributed by atoms with Gasteiger partial charge in [-0.25, -0.2) is 15.0 Å². The highest BCUT2D eigenvalue weighted by Gasteiger charge is 2.16. The molecular weight excluding hydrogens is 344 g/mol. The van der Waals surface area contributed by atoms with E-state index in [1.807, 2.05) is 5.38 Å². The van der Waals surface area contributed by atoms with Crippen molar-refractivity contribution in [3.63, 3.8) is 0 Å². The van der Waals surface area contributed by atoms with E-state index in [1.54, 1.807) is 18.5 Å². The Balaban J connectivity index is 1.45. The number of rotatable bonds is 5. The van der Waals surface area contributed by atoms with Gasteiger partial charge in [-0.05, 0) is 16.5 Å². The minimum Gasteiger partial charge on any atom is -0.346 e. The van der Waals surface area contributed by atoms with E-state index < -0.39 is 0 Å². The van der Waals surface area contributed by atoms with Crippen LogP contribution in [0.15, 0.2) is 36.4 Å². The highest BCUT2D eigenvalue weighted by atomic mass is 32.1. The summed E-state index contributed by atoms with van der Waals surface area (Å²) in [4.78, 5) is 25.1. The highest BCUT2D eigenvalue weighted by molar-refractivity contribution is 7.13. The van der Waals surface area contributed by atoms with Gasteiger partial charge in [-0.3, -0.25) is 9.89 Å². The third kappa shape index (κ3) is 3.10. The van der Waals surface area contributed by atoms with E-state index in [2.05, 4.69) is 46.0 Å². The molecule has 0 unspecified atom stereocenters. The monoisotopic (exact) mass is 354 g/mol. The van der Waals surface area contributed by atoms with Crippen LogP contribution in [0.1, 0.15) is 16.1 Å². The van der Waals surface area contributed by atoms with Crippen LogP contribution in [0, 0.1) is 0 Å². The molecule has 25 heavy (non-hydrogen) atoms. The van der Waals surface area contributed by atoms with Gasteiger partial charge >= 0.3 is 0 Å². The van der Waals surface area contributed by atoms with Crippen molar-refractivity contribution in [3.8, 4) is 16.6 Å². The summed E-state index contributed by atoms with van der Waals surface area (Å²) >= 11 is 1.42. The molecule has 0 saturated heterocycles. The topological polar surface area (TPSA) is 140 Å². The molecule has 0 aliphatic rings. The number of amides is 1. The molecule has 0 atom stereocenters. The van der Waals surface area contributed by atoms with Crippen molar-refractivity contribution < 1.29 is 4.79 Å². The molecule has 4 aromatic rings.